The van der Waals surface area contributed by atoms with Crippen molar-refractivity contribution in [1.29, 1.82) is 0 Å². The highest BCUT2D eigenvalue weighted by Crippen LogP contribution is 2.40. The molecule has 0 unspecified atom stereocenters. The van der Waals surface area contributed by atoms with Gasteiger partial charge in [0.15, 0.2) is 0 Å². The highest BCUT2D eigenvalue weighted by molar-refractivity contribution is 7.98. The lowest BCUT2D eigenvalue weighted by molar-refractivity contribution is -0.106. The van der Waals surface area contributed by atoms with E-state index in [4.69, 9.17) is 4.74 Å². The van der Waals surface area contributed by atoms with E-state index in [-0.39, 0.29) is 11.3 Å². The van der Waals surface area contributed by atoms with E-state index in [0.29, 0.717) is 30.0 Å². The topological polar surface area (TPSA) is 29.5 Å². The average Bonchev–Trinajstić information content (AvgIpc) is 2.91. The summed E-state index contributed by atoms with van der Waals surface area (Å²) in [6.45, 7) is 4.02. The number of hydrogen-bond acceptors (Lipinski definition) is 3. The van der Waals surface area contributed by atoms with Gasteiger partial charge in [0.2, 0.25) is 6.41 Å². The Bertz CT molecular complexity index is 1410. The van der Waals surface area contributed by atoms with Gasteiger partial charge >= 0.3 is 0 Å². The zero-order valence-corrected chi connectivity index (χ0v) is 21.5. The minimum Gasteiger partial charge on any atom is -0.492 e. The molecular weight excluding hydrogens is 488 g/mol. The van der Waals surface area contributed by atoms with Crippen molar-refractivity contribution in [2.24, 2.45) is 0 Å². The number of anilines is 2. The third-order valence-electron chi connectivity index (χ3n) is 5.70. The van der Waals surface area contributed by atoms with E-state index in [2.05, 4.69) is 12.1 Å². The van der Waals surface area contributed by atoms with Gasteiger partial charge in [0, 0.05) is 22.3 Å². The molecule has 0 aliphatic carbocycles. The van der Waals surface area contributed by atoms with Crippen LogP contribution in [-0.4, -0.2) is 13.0 Å². The lowest BCUT2D eigenvalue weighted by Gasteiger charge is -2.24. The van der Waals surface area contributed by atoms with Crippen LogP contribution in [0.1, 0.15) is 25.0 Å². The smallest absolute Gasteiger partial charge is 0.218 e. The molecule has 0 heterocycles. The molecule has 0 aromatic heterocycles. The van der Waals surface area contributed by atoms with Crippen molar-refractivity contribution in [3.05, 3.63) is 114 Å². The molecule has 0 saturated heterocycles. The first-order valence-electron chi connectivity index (χ1n) is 11.9. The maximum Gasteiger partial charge on any atom is 0.218 e. The third-order valence-corrected chi connectivity index (χ3v) is 6.77. The third kappa shape index (κ3) is 6.27. The largest absolute Gasteiger partial charge is 0.492 e. The molecule has 188 valence electrons. The van der Waals surface area contributed by atoms with E-state index in [1.165, 1.54) is 40.8 Å². The normalized spacial score (nSPS) is 11.0. The molecule has 0 aliphatic heterocycles. The first-order chi connectivity index (χ1) is 18.0. The molecule has 4 aromatic carbocycles. The summed E-state index contributed by atoms with van der Waals surface area (Å²) in [4.78, 5) is 14.8. The lowest BCUT2D eigenvalue weighted by atomic mass is 10.0. The summed E-state index contributed by atoms with van der Waals surface area (Å²) < 4.78 is 35.0. The first kappa shape index (κ1) is 26.2. The number of carbonyl (C=O) groups is 1. The van der Waals surface area contributed by atoms with Gasteiger partial charge in [-0.15, -0.1) is 11.8 Å². The summed E-state index contributed by atoms with van der Waals surface area (Å²) in [7, 11) is 0. The first-order valence-corrected chi connectivity index (χ1v) is 12.9. The maximum atomic E-state index is 15.3. The summed E-state index contributed by atoms with van der Waals surface area (Å²) in [5.74, 6) is 0.0890. The predicted octanol–water partition coefficient (Wildman–Crippen LogP) is 8.65. The highest BCUT2D eigenvalue weighted by atomic mass is 32.2. The Morgan fingerprint density at radius 1 is 0.919 bits per heavy atom. The molecule has 6 heteroatoms. The quantitative estimate of drug-likeness (QED) is 0.156. The Morgan fingerprint density at radius 2 is 1.73 bits per heavy atom. The van der Waals surface area contributed by atoms with Crippen molar-refractivity contribution < 1.29 is 18.3 Å². The number of rotatable bonds is 10. The SMILES string of the molecule is C/C=C\c1cc(SCc2ccccc2)ccc1N(C=O)c1cc(F)c(-c2cccc(F)c2)cc1OCC. The Hall–Kier alpha value is -3.90. The average molecular weight is 516 g/mol. The second-order valence-corrected chi connectivity index (χ2v) is 9.26. The second-order valence-electron chi connectivity index (χ2n) is 8.21. The van der Waals surface area contributed by atoms with Crippen LogP contribution in [0.4, 0.5) is 20.2 Å². The molecule has 0 spiro atoms. The zero-order valence-electron chi connectivity index (χ0n) is 20.7. The molecule has 3 nitrogen and oxygen atoms in total. The van der Waals surface area contributed by atoms with Crippen LogP contribution >= 0.6 is 11.8 Å². The van der Waals surface area contributed by atoms with Crippen LogP contribution < -0.4 is 9.64 Å². The standard InChI is InChI=1S/C31H27F2NO2S/c1-3-9-24-17-26(37-20-22-10-6-5-7-11-22)14-15-29(24)34(21-35)30-19-28(33)27(18-31(30)36-4-2)23-12-8-13-25(32)16-23/h3,5-19,21H,4,20H2,1-2H3/b9-3-. The van der Waals surface area contributed by atoms with E-state index < -0.39 is 11.6 Å². The number of benzene rings is 4. The Balaban J connectivity index is 1.73. The van der Waals surface area contributed by atoms with Crippen molar-refractivity contribution in [2.75, 3.05) is 11.5 Å². The van der Waals surface area contributed by atoms with E-state index in [9.17, 15) is 9.18 Å². The number of thioether (sulfide) groups is 1. The van der Waals surface area contributed by atoms with E-state index >= 15 is 4.39 Å². The van der Waals surface area contributed by atoms with Crippen LogP contribution in [0.3, 0.4) is 0 Å². The Morgan fingerprint density at radius 3 is 2.43 bits per heavy atom. The van der Waals surface area contributed by atoms with Gasteiger partial charge in [0.05, 0.1) is 18.0 Å². The van der Waals surface area contributed by atoms with Gasteiger partial charge in [-0.25, -0.2) is 8.78 Å². The van der Waals surface area contributed by atoms with Crippen LogP contribution in [0.25, 0.3) is 17.2 Å². The molecule has 0 bridgehead atoms. The van der Waals surface area contributed by atoms with Crippen molar-refractivity contribution >= 4 is 35.6 Å². The van der Waals surface area contributed by atoms with Gasteiger partial charge in [-0.05, 0) is 66.9 Å². The molecule has 1 amide bonds. The maximum absolute atomic E-state index is 15.3. The minimum absolute atomic E-state index is 0.193. The number of allylic oxidation sites excluding steroid dienone is 1. The number of halogens is 2. The number of nitrogens with zero attached hydrogens (tertiary/aromatic N) is 1. The van der Waals surface area contributed by atoms with Crippen molar-refractivity contribution in [2.45, 2.75) is 24.5 Å². The Kier molecular flexibility index (Phi) is 8.75. The number of carbonyl (C=O) groups excluding carboxylic acids is 1. The van der Waals surface area contributed by atoms with Gasteiger partial charge in [-0.1, -0.05) is 54.6 Å². The summed E-state index contributed by atoms with van der Waals surface area (Å²) in [6.07, 6.45) is 4.46. The fourth-order valence-electron chi connectivity index (χ4n) is 4.02. The summed E-state index contributed by atoms with van der Waals surface area (Å²) in [5, 5.41) is 0. The van der Waals surface area contributed by atoms with E-state index in [0.717, 1.165) is 16.2 Å². The molecule has 0 aliphatic rings. The van der Waals surface area contributed by atoms with Crippen LogP contribution in [0.15, 0.2) is 95.9 Å². The van der Waals surface area contributed by atoms with Crippen LogP contribution in [0.2, 0.25) is 0 Å². The fourth-order valence-corrected chi connectivity index (χ4v) is 4.92. The second kappa shape index (κ2) is 12.4. The van der Waals surface area contributed by atoms with Crippen molar-refractivity contribution in [1.82, 2.24) is 0 Å². The van der Waals surface area contributed by atoms with Gasteiger partial charge in [-0.3, -0.25) is 9.69 Å². The summed E-state index contributed by atoms with van der Waals surface area (Å²) >= 11 is 1.70. The lowest BCUT2D eigenvalue weighted by Crippen LogP contribution is -2.17. The molecule has 0 atom stereocenters. The van der Waals surface area contributed by atoms with E-state index in [1.54, 1.807) is 17.8 Å². The van der Waals surface area contributed by atoms with E-state index in [1.807, 2.05) is 62.4 Å². The van der Waals surface area contributed by atoms with Gasteiger partial charge < -0.3 is 4.74 Å². The summed E-state index contributed by atoms with van der Waals surface area (Å²) in [5.41, 5.74) is 3.47. The van der Waals surface area contributed by atoms with Crippen LogP contribution in [0.5, 0.6) is 5.75 Å². The van der Waals surface area contributed by atoms with Crippen molar-refractivity contribution in [3.63, 3.8) is 0 Å². The van der Waals surface area contributed by atoms with Gasteiger partial charge in [0.25, 0.3) is 0 Å². The molecule has 4 aromatic rings. The predicted molar refractivity (Wildman–Crippen MR) is 148 cm³/mol. The molecule has 4 rings (SSSR count). The van der Waals surface area contributed by atoms with Gasteiger partial charge in [0.1, 0.15) is 17.4 Å². The number of ether oxygens (including phenoxy) is 1. The van der Waals surface area contributed by atoms with Crippen LogP contribution in [-0.2, 0) is 10.5 Å². The monoisotopic (exact) mass is 515 g/mol. The highest BCUT2D eigenvalue weighted by Gasteiger charge is 2.21. The Labute approximate surface area is 220 Å². The van der Waals surface area contributed by atoms with Gasteiger partial charge in [-0.2, -0.15) is 0 Å². The summed E-state index contributed by atoms with van der Waals surface area (Å²) in [6, 6.07) is 24.5. The zero-order chi connectivity index (χ0) is 26.2. The number of amides is 1. The number of hydrogen-bond donors (Lipinski definition) is 0. The molecular formula is C31H27F2NO2S. The fraction of sp³-hybridized carbons (Fsp3) is 0.129. The molecule has 37 heavy (non-hydrogen) atoms. The van der Waals surface area contributed by atoms with Crippen molar-refractivity contribution in [3.8, 4) is 16.9 Å². The van der Waals surface area contributed by atoms with Crippen LogP contribution in [0, 0.1) is 11.6 Å². The molecule has 0 fully saturated rings. The molecule has 0 radical (unpaired) electrons. The molecule has 0 N–H and O–H groups in total. The minimum atomic E-state index is -0.585. The molecule has 0 saturated carbocycles.